The number of nitrogens with one attached hydrogen (secondary N) is 1. The van der Waals surface area contributed by atoms with Crippen LogP contribution in [0.2, 0.25) is 0 Å². The van der Waals surface area contributed by atoms with E-state index in [-0.39, 0.29) is 24.3 Å². The Morgan fingerprint density at radius 1 is 1.17 bits per heavy atom. The van der Waals surface area contributed by atoms with Crippen molar-refractivity contribution in [3.63, 3.8) is 0 Å². The third-order valence-electron chi connectivity index (χ3n) is 3.76. The molecule has 2 aromatic rings. The van der Waals surface area contributed by atoms with Crippen LogP contribution in [0.3, 0.4) is 0 Å². The Kier molecular flexibility index (Phi) is 7.43. The number of nitrogens with zero attached hydrogens (tertiary/aromatic N) is 2. The molecule has 0 unspecified atom stereocenters. The van der Waals surface area contributed by atoms with Crippen LogP contribution in [0.5, 0.6) is 0 Å². The highest BCUT2D eigenvalue weighted by molar-refractivity contribution is 9.10. The number of hydrogen-bond acceptors (Lipinski definition) is 6. The van der Waals surface area contributed by atoms with Gasteiger partial charge in [-0.05, 0) is 41.1 Å². The molecule has 2 aromatic carbocycles. The van der Waals surface area contributed by atoms with Gasteiger partial charge in [0.15, 0.2) is 0 Å². The topological polar surface area (TPSA) is 119 Å². The summed E-state index contributed by atoms with van der Waals surface area (Å²) in [6.45, 7) is 1.39. The van der Waals surface area contributed by atoms with Crippen molar-refractivity contribution in [3.8, 4) is 0 Å². The van der Waals surface area contributed by atoms with Crippen molar-refractivity contribution >= 4 is 45.1 Å². The molecule has 9 nitrogen and oxygen atoms in total. The largest absolute Gasteiger partial charge is 0.462 e. The molecule has 1 N–H and O–H groups in total. The number of esters is 1. The summed E-state index contributed by atoms with van der Waals surface area (Å²) >= 11 is 3.31. The number of anilines is 1. The SMILES string of the molecule is CCOC(=O)c1cc(C(=O)N(C)CC(=O)Nc2ccccc2Br)cc([N+](=O)[O-])c1. The number of nitro groups is 1. The third kappa shape index (κ3) is 5.85. The van der Waals surface area contributed by atoms with Crippen molar-refractivity contribution in [1.29, 1.82) is 0 Å². The summed E-state index contributed by atoms with van der Waals surface area (Å²) in [5.41, 5.74) is -0.0998. The van der Waals surface area contributed by atoms with Gasteiger partial charge in [-0.15, -0.1) is 0 Å². The van der Waals surface area contributed by atoms with Crippen LogP contribution in [0, 0.1) is 10.1 Å². The predicted octanol–water partition coefficient (Wildman–Crippen LogP) is 3.24. The van der Waals surface area contributed by atoms with Crippen molar-refractivity contribution in [1.82, 2.24) is 4.90 Å². The van der Waals surface area contributed by atoms with Crippen LogP contribution in [0.15, 0.2) is 46.9 Å². The second-order valence-corrected chi connectivity index (χ2v) is 6.79. The van der Waals surface area contributed by atoms with Crippen LogP contribution in [-0.2, 0) is 9.53 Å². The van der Waals surface area contributed by atoms with E-state index in [0.717, 1.165) is 17.0 Å². The Labute approximate surface area is 174 Å². The summed E-state index contributed by atoms with van der Waals surface area (Å²) in [5, 5.41) is 13.8. The molecule has 0 heterocycles. The monoisotopic (exact) mass is 463 g/mol. The molecule has 0 aliphatic heterocycles. The number of benzene rings is 2. The van der Waals surface area contributed by atoms with Gasteiger partial charge in [0.25, 0.3) is 11.6 Å². The van der Waals surface area contributed by atoms with E-state index in [1.807, 2.05) is 0 Å². The average Bonchev–Trinajstić information content (AvgIpc) is 2.68. The number of amides is 2. The van der Waals surface area contributed by atoms with Gasteiger partial charge in [-0.1, -0.05) is 12.1 Å². The van der Waals surface area contributed by atoms with Crippen molar-refractivity contribution in [3.05, 3.63) is 68.2 Å². The van der Waals surface area contributed by atoms with E-state index >= 15 is 0 Å². The minimum Gasteiger partial charge on any atom is -0.462 e. The number of non-ortho nitro benzene ring substituents is 1. The lowest BCUT2D eigenvalue weighted by Gasteiger charge is -2.17. The Hall–Kier alpha value is -3.27. The van der Waals surface area contributed by atoms with Gasteiger partial charge in [-0.3, -0.25) is 19.7 Å². The Balaban J connectivity index is 2.19. The fraction of sp³-hybridized carbons (Fsp3) is 0.211. The number of likely N-dealkylation sites (N-methyl/N-ethyl adjacent to an activating group) is 1. The molecule has 0 radical (unpaired) electrons. The molecule has 0 spiro atoms. The highest BCUT2D eigenvalue weighted by Crippen LogP contribution is 2.22. The minimum absolute atomic E-state index is 0.0833. The molecule has 0 aliphatic carbocycles. The summed E-state index contributed by atoms with van der Waals surface area (Å²) < 4.78 is 5.53. The zero-order valence-electron chi connectivity index (χ0n) is 15.7. The summed E-state index contributed by atoms with van der Waals surface area (Å²) in [6.07, 6.45) is 0. The van der Waals surface area contributed by atoms with Crippen molar-refractivity contribution in [2.24, 2.45) is 0 Å². The normalized spacial score (nSPS) is 10.2. The highest BCUT2D eigenvalue weighted by atomic mass is 79.9. The van der Waals surface area contributed by atoms with E-state index in [1.54, 1.807) is 31.2 Å². The van der Waals surface area contributed by atoms with E-state index in [1.165, 1.54) is 13.1 Å². The molecular weight excluding hydrogens is 446 g/mol. The van der Waals surface area contributed by atoms with Gasteiger partial charge in [0.05, 0.1) is 29.3 Å². The predicted molar refractivity (Wildman–Crippen MR) is 109 cm³/mol. The van der Waals surface area contributed by atoms with Gasteiger partial charge < -0.3 is 15.0 Å². The van der Waals surface area contributed by atoms with E-state index in [2.05, 4.69) is 21.2 Å². The number of rotatable bonds is 7. The van der Waals surface area contributed by atoms with Crippen LogP contribution in [0.4, 0.5) is 11.4 Å². The second-order valence-electron chi connectivity index (χ2n) is 5.94. The molecule has 152 valence electrons. The maximum absolute atomic E-state index is 12.7. The van der Waals surface area contributed by atoms with Crippen LogP contribution < -0.4 is 5.32 Å². The summed E-state index contributed by atoms with van der Waals surface area (Å²) in [4.78, 5) is 48.4. The molecule has 0 saturated heterocycles. The maximum Gasteiger partial charge on any atom is 0.338 e. The van der Waals surface area contributed by atoms with E-state index in [4.69, 9.17) is 4.74 Å². The van der Waals surface area contributed by atoms with Gasteiger partial charge in [0, 0.05) is 29.2 Å². The quantitative estimate of drug-likeness (QED) is 0.382. The molecule has 0 saturated carbocycles. The number of carbonyl (C=O) groups excluding carboxylic acids is 3. The number of nitro benzene ring substituents is 1. The molecular formula is C19H18BrN3O6. The lowest BCUT2D eigenvalue weighted by molar-refractivity contribution is -0.384. The van der Waals surface area contributed by atoms with Crippen LogP contribution in [0.25, 0.3) is 0 Å². The first-order chi connectivity index (χ1) is 13.7. The number of halogens is 1. The average molecular weight is 464 g/mol. The summed E-state index contributed by atoms with van der Waals surface area (Å²) in [6, 6.07) is 10.3. The Morgan fingerprint density at radius 3 is 2.45 bits per heavy atom. The maximum atomic E-state index is 12.7. The first-order valence-electron chi connectivity index (χ1n) is 8.49. The lowest BCUT2D eigenvalue weighted by Crippen LogP contribution is -2.35. The molecule has 29 heavy (non-hydrogen) atoms. The fourth-order valence-electron chi connectivity index (χ4n) is 2.43. The smallest absolute Gasteiger partial charge is 0.338 e. The molecule has 2 amide bonds. The molecule has 0 aromatic heterocycles. The van der Waals surface area contributed by atoms with Crippen molar-refractivity contribution < 1.29 is 24.0 Å². The summed E-state index contributed by atoms with van der Waals surface area (Å²) in [7, 11) is 1.38. The first kappa shape index (κ1) is 22.0. The molecule has 0 aliphatic rings. The van der Waals surface area contributed by atoms with Crippen molar-refractivity contribution in [2.45, 2.75) is 6.92 Å². The van der Waals surface area contributed by atoms with Gasteiger partial charge in [0.2, 0.25) is 5.91 Å². The number of ether oxygens (including phenoxy) is 1. The van der Waals surface area contributed by atoms with Gasteiger partial charge in [-0.2, -0.15) is 0 Å². The number of carbonyl (C=O) groups is 3. The van der Waals surface area contributed by atoms with Crippen LogP contribution in [0.1, 0.15) is 27.6 Å². The van der Waals surface area contributed by atoms with E-state index in [0.29, 0.717) is 10.2 Å². The zero-order chi connectivity index (χ0) is 21.6. The highest BCUT2D eigenvalue weighted by Gasteiger charge is 2.22. The third-order valence-corrected chi connectivity index (χ3v) is 4.45. The van der Waals surface area contributed by atoms with Crippen molar-refractivity contribution in [2.75, 3.05) is 25.5 Å². The molecule has 2 rings (SSSR count). The molecule has 10 heteroatoms. The fourth-order valence-corrected chi connectivity index (χ4v) is 2.82. The van der Waals surface area contributed by atoms with Gasteiger partial charge >= 0.3 is 5.97 Å². The van der Waals surface area contributed by atoms with E-state index in [9.17, 15) is 24.5 Å². The molecule has 0 bridgehead atoms. The van der Waals surface area contributed by atoms with Crippen LogP contribution >= 0.6 is 15.9 Å². The van der Waals surface area contributed by atoms with Gasteiger partial charge in [-0.25, -0.2) is 4.79 Å². The lowest BCUT2D eigenvalue weighted by atomic mass is 10.1. The molecule has 0 fully saturated rings. The zero-order valence-corrected chi connectivity index (χ0v) is 17.3. The number of hydrogen-bond donors (Lipinski definition) is 1. The minimum atomic E-state index is -0.778. The van der Waals surface area contributed by atoms with E-state index < -0.39 is 28.4 Å². The van der Waals surface area contributed by atoms with Gasteiger partial charge in [0.1, 0.15) is 0 Å². The Bertz CT molecular complexity index is 963. The Morgan fingerprint density at radius 2 is 1.83 bits per heavy atom. The number of para-hydroxylation sites is 1. The molecule has 0 atom stereocenters. The second kappa shape index (κ2) is 9.78. The summed E-state index contributed by atoms with van der Waals surface area (Å²) in [5.74, 6) is -1.88. The standard InChI is InChI=1S/C19H18BrN3O6/c1-3-29-19(26)13-8-12(9-14(10-13)23(27)28)18(25)22(2)11-17(24)21-16-7-5-4-6-15(16)20/h4-10H,3,11H2,1-2H3,(H,21,24). The first-order valence-corrected chi connectivity index (χ1v) is 9.28. The van der Waals surface area contributed by atoms with Crippen LogP contribution in [-0.4, -0.2) is 47.8 Å².